The van der Waals surface area contributed by atoms with Gasteiger partial charge in [0.2, 0.25) is 0 Å². The van der Waals surface area contributed by atoms with Crippen molar-refractivity contribution in [1.29, 1.82) is 0 Å². The summed E-state index contributed by atoms with van der Waals surface area (Å²) in [7, 11) is 0. The monoisotopic (exact) mass is 1070 g/mol. The molecular formula is C76H76N4O. The number of para-hydroxylation sites is 1. The van der Waals surface area contributed by atoms with Crippen LogP contribution in [-0.4, -0.2) is 14.1 Å². The minimum Gasteiger partial charge on any atom is -0.458 e. The maximum atomic E-state index is 8.93. The third-order valence-corrected chi connectivity index (χ3v) is 17.7. The highest BCUT2D eigenvalue weighted by Gasteiger charge is 2.40. The van der Waals surface area contributed by atoms with Gasteiger partial charge in [0.25, 0.3) is 6.33 Å². The first-order valence-electron chi connectivity index (χ1n) is 31.7. The van der Waals surface area contributed by atoms with Crippen molar-refractivity contribution in [2.45, 2.75) is 144 Å². The first kappa shape index (κ1) is 45.7. The second-order valence-electron chi connectivity index (χ2n) is 27.4. The second-order valence-corrected chi connectivity index (χ2v) is 27.4. The van der Waals surface area contributed by atoms with Crippen LogP contribution in [0.1, 0.15) is 150 Å². The van der Waals surface area contributed by atoms with E-state index in [-0.39, 0.29) is 38.4 Å². The van der Waals surface area contributed by atoms with Crippen LogP contribution in [0.25, 0.3) is 94.5 Å². The number of ether oxygens (including phenoxy) is 1. The van der Waals surface area contributed by atoms with Crippen LogP contribution in [-0.2, 0) is 27.1 Å². The highest BCUT2D eigenvalue weighted by atomic mass is 16.5. The summed E-state index contributed by atoms with van der Waals surface area (Å²) >= 11 is 0. The molecule has 0 unspecified atom stereocenters. The van der Waals surface area contributed by atoms with E-state index in [0.29, 0.717) is 17.1 Å². The van der Waals surface area contributed by atoms with Gasteiger partial charge in [-0.2, -0.15) is 0 Å². The molecule has 0 bridgehead atoms. The van der Waals surface area contributed by atoms with Crippen LogP contribution < -0.4 is 9.30 Å². The number of hydrogen-bond donors (Lipinski definition) is 0. The van der Waals surface area contributed by atoms with Gasteiger partial charge >= 0.3 is 0 Å². The van der Waals surface area contributed by atoms with Crippen LogP contribution in [0.5, 0.6) is 11.5 Å². The van der Waals surface area contributed by atoms with Gasteiger partial charge in [-0.3, -0.25) is 13.7 Å². The Bertz CT molecular complexity index is 4610. The van der Waals surface area contributed by atoms with Crippen LogP contribution in [0.2, 0.25) is 0 Å². The number of hydrogen-bond acceptors (Lipinski definition) is 2. The first-order chi connectivity index (χ1) is 40.8. The van der Waals surface area contributed by atoms with E-state index in [1.807, 2.05) is 24.4 Å². The molecular weight excluding hydrogens is 985 g/mol. The zero-order valence-corrected chi connectivity index (χ0v) is 49.2. The van der Waals surface area contributed by atoms with Gasteiger partial charge in [0.1, 0.15) is 17.3 Å². The summed E-state index contributed by atoms with van der Waals surface area (Å²) in [5.41, 5.74) is 17.0. The topological polar surface area (TPSA) is 35.9 Å². The summed E-state index contributed by atoms with van der Waals surface area (Å²) in [5.74, 6) is 2.17. The van der Waals surface area contributed by atoms with E-state index in [9.17, 15) is 0 Å². The molecule has 11 aromatic rings. The van der Waals surface area contributed by atoms with Gasteiger partial charge in [0.05, 0.1) is 33.4 Å². The fourth-order valence-corrected chi connectivity index (χ4v) is 13.0. The highest BCUT2D eigenvalue weighted by molar-refractivity contribution is 6.09. The molecule has 1 aliphatic heterocycles. The smallest absolute Gasteiger partial charge is 0.269 e. The molecule has 4 heterocycles. The average molecular weight is 1070 g/mol. The third-order valence-electron chi connectivity index (χ3n) is 17.7. The maximum Gasteiger partial charge on any atom is 0.269 e. The number of aryl methyl sites for hydroxylation is 2. The van der Waals surface area contributed by atoms with Crippen molar-refractivity contribution in [3.63, 3.8) is 0 Å². The van der Waals surface area contributed by atoms with Gasteiger partial charge in [0, 0.05) is 31.3 Å². The van der Waals surface area contributed by atoms with Gasteiger partial charge < -0.3 is 4.74 Å². The Hall–Kier alpha value is -8.02. The van der Waals surface area contributed by atoms with Crippen molar-refractivity contribution in [2.24, 2.45) is 0 Å². The molecule has 13 rings (SSSR count). The van der Waals surface area contributed by atoms with E-state index in [4.69, 9.17) is 17.9 Å². The summed E-state index contributed by atoms with van der Waals surface area (Å²) in [6.07, 6.45) is 7.96. The molecule has 0 spiro atoms. The molecule has 0 radical (unpaired) electrons. The first-order valence-corrected chi connectivity index (χ1v) is 28.7. The average Bonchev–Trinajstić information content (AvgIpc) is 1.68. The van der Waals surface area contributed by atoms with Crippen molar-refractivity contribution in [1.82, 2.24) is 14.1 Å². The van der Waals surface area contributed by atoms with Gasteiger partial charge in [0.15, 0.2) is 0 Å². The molecule has 5 nitrogen and oxygen atoms in total. The maximum absolute atomic E-state index is 8.93. The third kappa shape index (κ3) is 8.64. The van der Waals surface area contributed by atoms with E-state index in [1.54, 1.807) is 18.2 Å². The van der Waals surface area contributed by atoms with Gasteiger partial charge in [-0.05, 0) is 204 Å². The lowest BCUT2D eigenvalue weighted by atomic mass is 9.62. The Balaban J connectivity index is 1.11. The zero-order valence-electron chi connectivity index (χ0n) is 55.2. The Morgan fingerprint density at radius 1 is 0.531 bits per heavy atom. The molecule has 0 saturated heterocycles. The molecule has 2 aliphatic rings. The Morgan fingerprint density at radius 3 is 1.84 bits per heavy atom. The molecule has 5 heteroatoms. The number of fused-ring (bicyclic) bond motifs is 11. The fourth-order valence-electron chi connectivity index (χ4n) is 13.0. The van der Waals surface area contributed by atoms with Crippen LogP contribution >= 0.6 is 0 Å². The summed E-state index contributed by atoms with van der Waals surface area (Å²) in [6.45, 7) is 24.2. The second kappa shape index (κ2) is 18.2. The number of rotatable bonds is 5. The van der Waals surface area contributed by atoms with Crippen molar-refractivity contribution >= 4 is 32.8 Å². The molecule has 0 atom stereocenters. The van der Waals surface area contributed by atoms with Crippen molar-refractivity contribution in [3.05, 3.63) is 209 Å². The number of pyridine rings is 1. The number of benzene rings is 8. The van der Waals surface area contributed by atoms with E-state index < -0.39 is 19.1 Å². The normalized spacial score (nSPS) is 16.1. The fraction of sp³-hybridized carbons (Fsp3) is 0.289. The zero-order chi connectivity index (χ0) is 61.9. The van der Waals surface area contributed by atoms with Gasteiger partial charge in [-0.15, -0.1) is 0 Å². The van der Waals surface area contributed by atoms with Crippen LogP contribution in [0.3, 0.4) is 0 Å². The van der Waals surface area contributed by atoms with E-state index in [2.05, 4.69) is 231 Å². The molecule has 3 aromatic heterocycles. The summed E-state index contributed by atoms with van der Waals surface area (Å²) in [4.78, 5) is 4.94. The molecule has 0 fully saturated rings. The predicted molar refractivity (Wildman–Crippen MR) is 338 cm³/mol. The lowest BCUT2D eigenvalue weighted by Crippen LogP contribution is -2.35. The van der Waals surface area contributed by atoms with Gasteiger partial charge in [-0.1, -0.05) is 175 Å². The molecule has 406 valence electrons. The quantitative estimate of drug-likeness (QED) is 0.127. The number of nitrogens with zero attached hydrogens (tertiary/aromatic N) is 4. The van der Waals surface area contributed by atoms with Crippen LogP contribution in [0.15, 0.2) is 164 Å². The number of imidazole rings is 1. The number of aromatic nitrogens is 4. The highest BCUT2D eigenvalue weighted by Crippen LogP contribution is 2.53. The molecule has 0 amide bonds. The SMILES string of the molecule is [2H]C([2H])([2H])c1cccc(C([2H])([2H])[2H])c1-c1cc2c(c(C(C)(C)C)c1)-[n+]1[c-]n(-c3cccc(Oc4ccc5c6ccccc6n(-c6cc(C(C)(C)C)ccn6)c5c4)c3)c3cc(C(C)(C)C)cc(c31)-c1ccccc1-c1cc3c(cc1-2)C(C)(C)CCC3(C)C. The van der Waals surface area contributed by atoms with Crippen LogP contribution in [0.4, 0.5) is 0 Å². The molecule has 81 heavy (non-hydrogen) atoms. The van der Waals surface area contributed by atoms with Crippen molar-refractivity contribution in [2.75, 3.05) is 0 Å². The minimum absolute atomic E-state index is 0.00184. The van der Waals surface area contributed by atoms with E-state index >= 15 is 0 Å². The summed E-state index contributed by atoms with van der Waals surface area (Å²) in [5, 5.41) is 2.23. The Labute approximate surface area is 488 Å². The Morgan fingerprint density at radius 2 is 1.16 bits per heavy atom. The molecule has 8 aromatic carbocycles. The van der Waals surface area contributed by atoms with E-state index in [0.717, 1.165) is 107 Å². The Kier molecular flexibility index (Phi) is 10.3. The van der Waals surface area contributed by atoms with Crippen molar-refractivity contribution < 1.29 is 17.5 Å². The molecule has 1 aliphatic carbocycles. The largest absolute Gasteiger partial charge is 0.458 e. The van der Waals surface area contributed by atoms with E-state index in [1.165, 1.54) is 16.7 Å². The lowest BCUT2D eigenvalue weighted by molar-refractivity contribution is -0.572. The summed E-state index contributed by atoms with van der Waals surface area (Å²) < 4.78 is 67.2. The minimum atomic E-state index is -2.62. The van der Waals surface area contributed by atoms with Gasteiger partial charge in [-0.25, -0.2) is 4.98 Å². The summed E-state index contributed by atoms with van der Waals surface area (Å²) in [6, 6.07) is 54.4. The molecule has 0 N–H and O–H groups in total. The molecule has 0 saturated carbocycles. The standard InChI is InChI=1S/C76H76N4O/c1-46-22-20-23-47(2)69(46)48-36-60-59-44-63-62(75(12,13)33-34-76(63,14)15)43-58(59)54-26-16-17-27-55(54)61-38-50(73(6,7)8)39-67-71(61)79(70(60)64(37-48)74(9,10)11)45-78(67)51-24-21-25-52(41-51)81-53-30-31-57-56-28-18-19-29-65(56)80(66(57)42-53)68-40-49(32-35-77-68)72(3,4)5/h16-32,35-44H,33-34H2,1-15H3/i1D3,2D3. The van der Waals surface area contributed by atoms with Crippen molar-refractivity contribution in [3.8, 4) is 73.2 Å². The lowest BCUT2D eigenvalue weighted by Gasteiger charge is -2.42. The van der Waals surface area contributed by atoms with Crippen LogP contribution in [0, 0.1) is 20.0 Å². The predicted octanol–water partition coefficient (Wildman–Crippen LogP) is 19.8.